The van der Waals surface area contributed by atoms with Crippen molar-refractivity contribution in [1.29, 1.82) is 0 Å². The first kappa shape index (κ1) is 14.9. The molecule has 1 atom stereocenters. The quantitative estimate of drug-likeness (QED) is 0.831. The van der Waals surface area contributed by atoms with Crippen molar-refractivity contribution in [3.63, 3.8) is 0 Å². The number of hydrogen-bond acceptors (Lipinski definition) is 3. The molecule has 20 heavy (non-hydrogen) atoms. The fraction of sp³-hybridized carbons (Fsp3) is 0.562. The molecule has 0 aromatic heterocycles. The monoisotopic (exact) mass is 275 g/mol. The lowest BCUT2D eigenvalue weighted by Crippen LogP contribution is -2.29. The van der Waals surface area contributed by atoms with Crippen molar-refractivity contribution in [2.75, 3.05) is 30.7 Å². The Morgan fingerprint density at radius 1 is 1.35 bits per heavy atom. The topological polar surface area (TPSA) is 58.4 Å². The summed E-state index contributed by atoms with van der Waals surface area (Å²) in [6.07, 6.45) is 4.33. The van der Waals surface area contributed by atoms with Gasteiger partial charge < -0.3 is 16.0 Å². The largest absolute Gasteiger partial charge is 0.397 e. The van der Waals surface area contributed by atoms with Crippen molar-refractivity contribution >= 4 is 17.3 Å². The lowest BCUT2D eigenvalue weighted by atomic mass is 10.0. The van der Waals surface area contributed by atoms with Crippen molar-refractivity contribution in [2.24, 2.45) is 5.92 Å². The lowest BCUT2D eigenvalue weighted by Gasteiger charge is -2.19. The molecule has 4 heteroatoms. The Bertz CT molecular complexity index is 447. The van der Waals surface area contributed by atoms with Gasteiger partial charge in [-0.2, -0.15) is 0 Å². The van der Waals surface area contributed by atoms with E-state index in [-0.39, 0.29) is 5.91 Å². The van der Waals surface area contributed by atoms with Crippen LogP contribution in [0, 0.1) is 5.92 Å². The van der Waals surface area contributed by atoms with Crippen molar-refractivity contribution in [3.8, 4) is 0 Å². The van der Waals surface area contributed by atoms with Crippen LogP contribution in [0.25, 0.3) is 0 Å². The number of carbonyl (C=O) groups excluding carboxylic acids is 1. The van der Waals surface area contributed by atoms with Crippen molar-refractivity contribution in [1.82, 2.24) is 4.90 Å². The summed E-state index contributed by atoms with van der Waals surface area (Å²) < 4.78 is 0. The number of anilines is 2. The zero-order valence-corrected chi connectivity index (χ0v) is 12.3. The summed E-state index contributed by atoms with van der Waals surface area (Å²) >= 11 is 0. The highest BCUT2D eigenvalue weighted by molar-refractivity contribution is 5.93. The van der Waals surface area contributed by atoms with Crippen LogP contribution >= 0.6 is 0 Å². The maximum absolute atomic E-state index is 12.0. The van der Waals surface area contributed by atoms with Gasteiger partial charge >= 0.3 is 0 Å². The predicted molar refractivity (Wildman–Crippen MR) is 83.6 cm³/mol. The van der Waals surface area contributed by atoms with Crippen LogP contribution in [0.3, 0.4) is 0 Å². The van der Waals surface area contributed by atoms with E-state index < -0.39 is 0 Å². The number of nitrogens with zero attached hydrogens (tertiary/aromatic N) is 1. The van der Waals surface area contributed by atoms with Crippen LogP contribution < -0.4 is 11.1 Å². The van der Waals surface area contributed by atoms with Gasteiger partial charge in [-0.05, 0) is 50.4 Å². The first-order chi connectivity index (χ1) is 9.65. The summed E-state index contributed by atoms with van der Waals surface area (Å²) in [6.45, 7) is 5.38. The zero-order chi connectivity index (χ0) is 14.4. The molecule has 0 saturated carbocycles. The van der Waals surface area contributed by atoms with Crippen molar-refractivity contribution in [2.45, 2.75) is 32.6 Å². The summed E-state index contributed by atoms with van der Waals surface area (Å²) in [5, 5.41) is 2.88. The summed E-state index contributed by atoms with van der Waals surface area (Å²) in [5.41, 5.74) is 7.14. The molecule has 1 unspecified atom stereocenters. The molecule has 1 saturated heterocycles. The summed E-state index contributed by atoms with van der Waals surface area (Å²) in [6, 6.07) is 7.37. The van der Waals surface area contributed by atoms with Crippen LogP contribution in [0.1, 0.15) is 32.6 Å². The van der Waals surface area contributed by atoms with E-state index in [1.54, 1.807) is 6.07 Å². The Morgan fingerprint density at radius 3 is 2.95 bits per heavy atom. The van der Waals surface area contributed by atoms with E-state index in [2.05, 4.69) is 17.1 Å². The van der Waals surface area contributed by atoms with Crippen LogP contribution in [0.5, 0.6) is 0 Å². The Morgan fingerprint density at radius 2 is 2.15 bits per heavy atom. The third-order valence-electron chi connectivity index (χ3n) is 4.00. The van der Waals surface area contributed by atoms with Crippen LogP contribution in [0.15, 0.2) is 24.3 Å². The number of carbonyl (C=O) groups is 1. The first-order valence-corrected chi connectivity index (χ1v) is 7.52. The second-order valence-electron chi connectivity index (χ2n) is 5.76. The smallest absolute Gasteiger partial charge is 0.225 e. The number of hydrogen-bond donors (Lipinski definition) is 2. The molecule has 110 valence electrons. The average Bonchev–Trinajstić information content (AvgIpc) is 2.64. The maximum Gasteiger partial charge on any atom is 0.225 e. The van der Waals surface area contributed by atoms with Crippen LogP contribution in [-0.4, -0.2) is 30.4 Å². The Hall–Kier alpha value is -1.55. The van der Waals surface area contributed by atoms with Crippen molar-refractivity contribution in [3.05, 3.63) is 24.3 Å². The summed E-state index contributed by atoms with van der Waals surface area (Å²) in [7, 11) is 0. The molecule has 1 aromatic carbocycles. The predicted octanol–water partition coefficient (Wildman–Crippen LogP) is 2.72. The molecular formula is C16H25N3O. The fourth-order valence-corrected chi connectivity index (χ4v) is 2.63. The van der Waals surface area contributed by atoms with Gasteiger partial charge in [0, 0.05) is 13.0 Å². The van der Waals surface area contributed by atoms with E-state index >= 15 is 0 Å². The third kappa shape index (κ3) is 4.53. The second kappa shape index (κ2) is 7.29. The zero-order valence-electron chi connectivity index (χ0n) is 12.3. The van der Waals surface area contributed by atoms with E-state index in [0.29, 0.717) is 17.8 Å². The highest BCUT2D eigenvalue weighted by Crippen LogP contribution is 2.18. The Labute approximate surface area is 121 Å². The standard InChI is InChI=1S/C16H25N3O/c1-13-5-4-10-19(11-8-13)12-9-16(20)18-15-7-3-2-6-14(15)17/h2-3,6-7,13H,4-5,8-12,17H2,1H3,(H,18,20). The first-order valence-electron chi connectivity index (χ1n) is 7.52. The fourth-order valence-electron chi connectivity index (χ4n) is 2.63. The maximum atomic E-state index is 12.0. The van der Waals surface area contributed by atoms with Gasteiger partial charge in [0.05, 0.1) is 11.4 Å². The van der Waals surface area contributed by atoms with Crippen LogP contribution in [-0.2, 0) is 4.79 Å². The number of amides is 1. The molecule has 1 heterocycles. The molecule has 1 aliphatic rings. The van der Waals surface area contributed by atoms with Gasteiger partial charge in [0.15, 0.2) is 0 Å². The normalized spacial score (nSPS) is 20.4. The minimum Gasteiger partial charge on any atom is -0.397 e. The average molecular weight is 275 g/mol. The minimum absolute atomic E-state index is 0.0418. The molecule has 1 fully saturated rings. The SMILES string of the molecule is CC1CCCN(CCC(=O)Nc2ccccc2N)CC1. The van der Waals surface area contributed by atoms with E-state index in [1.165, 1.54) is 19.3 Å². The minimum atomic E-state index is 0.0418. The Balaban J connectivity index is 1.76. The number of nitrogen functional groups attached to an aromatic ring is 1. The van der Waals surface area contributed by atoms with Gasteiger partial charge in [-0.3, -0.25) is 4.79 Å². The van der Waals surface area contributed by atoms with Gasteiger partial charge in [0.25, 0.3) is 0 Å². The molecule has 2 rings (SSSR count). The molecule has 0 spiro atoms. The number of nitrogens with one attached hydrogen (secondary N) is 1. The lowest BCUT2D eigenvalue weighted by molar-refractivity contribution is -0.116. The van der Waals surface area contributed by atoms with Crippen molar-refractivity contribution < 1.29 is 4.79 Å². The van der Waals surface area contributed by atoms with Gasteiger partial charge in [0.2, 0.25) is 5.91 Å². The summed E-state index contributed by atoms with van der Waals surface area (Å²) in [5.74, 6) is 0.859. The highest BCUT2D eigenvalue weighted by atomic mass is 16.1. The number of rotatable bonds is 4. The van der Waals surface area contributed by atoms with E-state index in [1.807, 2.05) is 18.2 Å². The second-order valence-corrected chi connectivity index (χ2v) is 5.76. The van der Waals surface area contributed by atoms with E-state index in [4.69, 9.17) is 5.73 Å². The molecule has 0 bridgehead atoms. The molecule has 1 amide bonds. The van der Waals surface area contributed by atoms with Gasteiger partial charge in [-0.25, -0.2) is 0 Å². The molecule has 1 aromatic rings. The highest BCUT2D eigenvalue weighted by Gasteiger charge is 2.14. The van der Waals surface area contributed by atoms with E-state index in [9.17, 15) is 4.79 Å². The number of benzene rings is 1. The summed E-state index contributed by atoms with van der Waals surface area (Å²) in [4.78, 5) is 14.4. The van der Waals surface area contributed by atoms with Gasteiger partial charge in [0.1, 0.15) is 0 Å². The molecule has 1 aliphatic heterocycles. The number of nitrogens with two attached hydrogens (primary N) is 1. The van der Waals surface area contributed by atoms with Crippen LogP contribution in [0.4, 0.5) is 11.4 Å². The van der Waals surface area contributed by atoms with Gasteiger partial charge in [-0.15, -0.1) is 0 Å². The van der Waals surface area contributed by atoms with Crippen LogP contribution in [0.2, 0.25) is 0 Å². The number of para-hydroxylation sites is 2. The Kier molecular flexibility index (Phi) is 5.41. The molecule has 0 aliphatic carbocycles. The van der Waals surface area contributed by atoms with Gasteiger partial charge in [-0.1, -0.05) is 19.1 Å². The molecule has 3 N–H and O–H groups in total. The molecule has 4 nitrogen and oxygen atoms in total. The number of likely N-dealkylation sites (tertiary alicyclic amines) is 1. The third-order valence-corrected chi connectivity index (χ3v) is 4.00. The van der Waals surface area contributed by atoms with E-state index in [0.717, 1.165) is 25.6 Å². The molecule has 0 radical (unpaired) electrons. The molecular weight excluding hydrogens is 250 g/mol.